The van der Waals surface area contributed by atoms with Crippen molar-refractivity contribution >= 4 is 21.6 Å². The van der Waals surface area contributed by atoms with Crippen LogP contribution in [0.2, 0.25) is 0 Å². The number of hydrogen-bond acceptors (Lipinski definition) is 6. The number of hydrogen-bond donors (Lipinski definition) is 1. The molecule has 0 aliphatic carbocycles. The Morgan fingerprint density at radius 3 is 2.24 bits per heavy atom. The van der Waals surface area contributed by atoms with Gasteiger partial charge in [0, 0.05) is 13.6 Å². The number of benzene rings is 2. The molecule has 1 N–H and O–H groups in total. The summed E-state index contributed by atoms with van der Waals surface area (Å²) in [5.74, 6) is 1.38. The predicted molar refractivity (Wildman–Crippen MR) is 111 cm³/mol. The molecule has 0 saturated heterocycles. The Labute approximate surface area is 171 Å². The fourth-order valence-corrected chi connectivity index (χ4v) is 3.01. The average molecular weight is 423 g/mol. The van der Waals surface area contributed by atoms with E-state index in [1.54, 1.807) is 57.5 Å². The largest absolute Gasteiger partial charge is 0.493 e. The van der Waals surface area contributed by atoms with Gasteiger partial charge in [-0.3, -0.25) is 9.10 Å². The first kappa shape index (κ1) is 22.4. The Morgan fingerprint density at radius 1 is 1.07 bits per heavy atom. The van der Waals surface area contributed by atoms with Crippen molar-refractivity contribution in [1.29, 1.82) is 0 Å². The summed E-state index contributed by atoms with van der Waals surface area (Å²) in [7, 11) is 1.24. The van der Waals surface area contributed by atoms with Crippen LogP contribution in [-0.2, 0) is 21.4 Å². The van der Waals surface area contributed by atoms with E-state index in [4.69, 9.17) is 14.2 Å². The van der Waals surface area contributed by atoms with Gasteiger partial charge in [-0.05, 0) is 48.9 Å². The van der Waals surface area contributed by atoms with Gasteiger partial charge in [0.05, 0.1) is 26.2 Å². The van der Waals surface area contributed by atoms with Crippen LogP contribution >= 0.6 is 0 Å². The normalized spacial score (nSPS) is 12.0. The molecular formula is C20H26N2O6S. The van der Waals surface area contributed by atoms with Gasteiger partial charge in [0.2, 0.25) is 10.0 Å². The first-order valence-corrected chi connectivity index (χ1v) is 10.7. The van der Waals surface area contributed by atoms with Gasteiger partial charge in [-0.25, -0.2) is 8.42 Å². The van der Waals surface area contributed by atoms with Crippen molar-refractivity contribution < 1.29 is 27.4 Å². The second-order valence-corrected chi connectivity index (χ2v) is 8.41. The molecule has 2 aromatic carbocycles. The summed E-state index contributed by atoms with van der Waals surface area (Å²) < 4.78 is 40.4. The van der Waals surface area contributed by atoms with Gasteiger partial charge >= 0.3 is 0 Å². The maximum atomic E-state index is 12.3. The zero-order chi connectivity index (χ0) is 21.6. The van der Waals surface area contributed by atoms with Crippen molar-refractivity contribution in [2.75, 3.05) is 31.8 Å². The van der Waals surface area contributed by atoms with Crippen LogP contribution in [0.15, 0.2) is 42.5 Å². The third kappa shape index (κ3) is 6.02. The molecule has 0 fully saturated rings. The Hall–Kier alpha value is -2.94. The Morgan fingerprint density at radius 2 is 1.69 bits per heavy atom. The number of nitrogens with one attached hydrogen (secondary N) is 1. The first-order valence-electron chi connectivity index (χ1n) is 8.85. The monoisotopic (exact) mass is 422 g/mol. The minimum Gasteiger partial charge on any atom is -0.493 e. The molecule has 29 heavy (non-hydrogen) atoms. The number of carbonyl (C=O) groups is 1. The van der Waals surface area contributed by atoms with Gasteiger partial charge in [-0.15, -0.1) is 0 Å². The Bertz CT molecular complexity index is 944. The number of rotatable bonds is 9. The Kier molecular flexibility index (Phi) is 7.33. The van der Waals surface area contributed by atoms with Crippen LogP contribution in [-0.4, -0.2) is 48.0 Å². The minimum absolute atomic E-state index is 0.280. The molecule has 0 radical (unpaired) electrons. The second kappa shape index (κ2) is 9.51. The maximum Gasteiger partial charge on any atom is 0.261 e. The SMILES string of the molecule is COc1ccc(CNC(=O)[C@@H](C)Oc2ccc(N(C)S(C)(=O)=O)cc2)cc1OC. The van der Waals surface area contributed by atoms with Crippen molar-refractivity contribution in [1.82, 2.24) is 5.32 Å². The molecule has 0 spiro atoms. The quantitative estimate of drug-likeness (QED) is 0.666. The van der Waals surface area contributed by atoms with Crippen LogP contribution in [0.4, 0.5) is 5.69 Å². The van der Waals surface area contributed by atoms with E-state index in [9.17, 15) is 13.2 Å². The fraction of sp³-hybridized carbons (Fsp3) is 0.350. The van der Waals surface area contributed by atoms with Gasteiger partial charge in [-0.2, -0.15) is 0 Å². The highest BCUT2D eigenvalue weighted by atomic mass is 32.2. The molecule has 158 valence electrons. The summed E-state index contributed by atoms with van der Waals surface area (Å²) in [6, 6.07) is 11.9. The van der Waals surface area contributed by atoms with E-state index in [1.165, 1.54) is 7.05 Å². The minimum atomic E-state index is -3.34. The zero-order valence-electron chi connectivity index (χ0n) is 17.1. The second-order valence-electron chi connectivity index (χ2n) is 6.39. The summed E-state index contributed by atoms with van der Waals surface area (Å²) in [4.78, 5) is 12.3. The van der Waals surface area contributed by atoms with Crippen LogP contribution in [0.25, 0.3) is 0 Å². The van der Waals surface area contributed by atoms with Crippen LogP contribution in [0.3, 0.4) is 0 Å². The molecule has 1 amide bonds. The lowest BCUT2D eigenvalue weighted by Crippen LogP contribution is -2.35. The third-order valence-electron chi connectivity index (χ3n) is 4.29. The third-order valence-corrected chi connectivity index (χ3v) is 5.50. The number of sulfonamides is 1. The molecule has 2 aromatic rings. The molecule has 0 heterocycles. The van der Waals surface area contributed by atoms with Crippen LogP contribution in [0, 0.1) is 0 Å². The van der Waals surface area contributed by atoms with E-state index < -0.39 is 16.1 Å². The highest BCUT2D eigenvalue weighted by molar-refractivity contribution is 7.92. The van der Waals surface area contributed by atoms with Crippen LogP contribution in [0.1, 0.15) is 12.5 Å². The number of methoxy groups -OCH3 is 2. The summed E-state index contributed by atoms with van der Waals surface area (Å²) in [5, 5.41) is 2.81. The van der Waals surface area contributed by atoms with Gasteiger partial charge in [0.15, 0.2) is 17.6 Å². The fourth-order valence-electron chi connectivity index (χ4n) is 2.51. The lowest BCUT2D eigenvalue weighted by Gasteiger charge is -2.18. The number of nitrogens with zero attached hydrogens (tertiary/aromatic N) is 1. The van der Waals surface area contributed by atoms with E-state index in [0.717, 1.165) is 16.1 Å². The van der Waals surface area contributed by atoms with E-state index >= 15 is 0 Å². The summed E-state index contributed by atoms with van der Waals surface area (Å²) in [6.07, 6.45) is 0.399. The number of anilines is 1. The summed E-state index contributed by atoms with van der Waals surface area (Å²) >= 11 is 0. The van der Waals surface area contributed by atoms with Crippen molar-refractivity contribution in [3.05, 3.63) is 48.0 Å². The zero-order valence-corrected chi connectivity index (χ0v) is 17.9. The highest BCUT2D eigenvalue weighted by Crippen LogP contribution is 2.27. The molecule has 9 heteroatoms. The van der Waals surface area contributed by atoms with Crippen molar-refractivity contribution in [2.24, 2.45) is 0 Å². The number of ether oxygens (including phenoxy) is 3. The Balaban J connectivity index is 1.94. The van der Waals surface area contributed by atoms with E-state index in [1.807, 2.05) is 6.07 Å². The molecule has 1 atom stereocenters. The summed E-state index contributed by atoms with van der Waals surface area (Å²) in [5.41, 5.74) is 1.36. The standard InChI is InChI=1S/C20H26N2O6S/c1-14(28-17-9-7-16(8-10-17)22(2)29(5,24)25)20(23)21-13-15-6-11-18(26-3)19(12-15)27-4/h6-12,14H,13H2,1-5H3,(H,21,23)/t14-/m1/s1. The van der Waals surface area contributed by atoms with E-state index in [2.05, 4.69) is 5.32 Å². The molecule has 0 saturated carbocycles. The molecule has 0 unspecified atom stereocenters. The topological polar surface area (TPSA) is 94.2 Å². The van der Waals surface area contributed by atoms with Crippen molar-refractivity contribution in [3.8, 4) is 17.2 Å². The lowest BCUT2D eigenvalue weighted by atomic mass is 10.2. The van der Waals surface area contributed by atoms with E-state index in [0.29, 0.717) is 29.5 Å². The van der Waals surface area contributed by atoms with Crippen molar-refractivity contribution in [2.45, 2.75) is 19.6 Å². The summed E-state index contributed by atoms with van der Waals surface area (Å²) in [6.45, 7) is 1.95. The van der Waals surface area contributed by atoms with Gasteiger partial charge in [-0.1, -0.05) is 6.07 Å². The molecule has 0 aromatic heterocycles. The highest BCUT2D eigenvalue weighted by Gasteiger charge is 2.16. The number of amides is 1. The van der Waals surface area contributed by atoms with Crippen molar-refractivity contribution in [3.63, 3.8) is 0 Å². The number of carbonyl (C=O) groups excluding carboxylic acids is 1. The van der Waals surface area contributed by atoms with Gasteiger partial charge < -0.3 is 19.5 Å². The van der Waals surface area contributed by atoms with Crippen LogP contribution in [0.5, 0.6) is 17.2 Å². The molecule has 0 bridgehead atoms. The predicted octanol–water partition coefficient (Wildman–Crippen LogP) is 2.18. The average Bonchev–Trinajstić information content (AvgIpc) is 2.70. The molecule has 8 nitrogen and oxygen atoms in total. The lowest BCUT2D eigenvalue weighted by molar-refractivity contribution is -0.127. The van der Waals surface area contributed by atoms with Gasteiger partial charge in [0.1, 0.15) is 5.75 Å². The molecule has 2 rings (SSSR count). The van der Waals surface area contributed by atoms with Gasteiger partial charge in [0.25, 0.3) is 5.91 Å². The molecule has 0 aliphatic rings. The van der Waals surface area contributed by atoms with E-state index in [-0.39, 0.29) is 5.91 Å². The molecular weight excluding hydrogens is 396 g/mol. The maximum absolute atomic E-state index is 12.3. The molecule has 0 aliphatic heterocycles. The van der Waals surface area contributed by atoms with Crippen LogP contribution < -0.4 is 23.8 Å². The smallest absolute Gasteiger partial charge is 0.261 e. The first-order chi connectivity index (χ1) is 13.7.